The van der Waals surface area contributed by atoms with Gasteiger partial charge in [-0.15, -0.1) is 11.3 Å². The number of amides is 2. The zero-order valence-corrected chi connectivity index (χ0v) is 15.8. The molecule has 2 rings (SSSR count). The summed E-state index contributed by atoms with van der Waals surface area (Å²) in [5, 5.41) is 4.52. The quantitative estimate of drug-likeness (QED) is 0.655. The molecule has 1 aromatic carbocycles. The number of alkyl halides is 3. The number of carbonyl (C=O) groups excluding carboxylic acids is 2. The van der Waals surface area contributed by atoms with Gasteiger partial charge in [-0.3, -0.25) is 9.59 Å². The van der Waals surface area contributed by atoms with Gasteiger partial charge in [-0.1, -0.05) is 6.07 Å². The van der Waals surface area contributed by atoms with Gasteiger partial charge in [0.05, 0.1) is 12.2 Å². The van der Waals surface area contributed by atoms with Crippen LogP contribution in [-0.2, 0) is 15.7 Å². The molecule has 28 heavy (non-hydrogen) atoms. The molecule has 0 saturated heterocycles. The number of carbonyl (C=O) groups is 2. The summed E-state index contributed by atoms with van der Waals surface area (Å²) in [6.45, 7) is 0.631. The third-order valence-electron chi connectivity index (χ3n) is 3.65. The van der Waals surface area contributed by atoms with Crippen molar-refractivity contribution in [3.8, 4) is 0 Å². The Kier molecular flexibility index (Phi) is 7.35. The molecular formula is C17H19F3N4O3S. The zero-order valence-electron chi connectivity index (χ0n) is 15.0. The molecule has 0 unspecified atom stereocenters. The topological polar surface area (TPSA) is 97.5 Å². The number of rotatable bonds is 9. The second kappa shape index (κ2) is 9.51. The molecule has 11 heteroatoms. The molecule has 1 heterocycles. The van der Waals surface area contributed by atoms with Crippen LogP contribution in [0.1, 0.15) is 22.5 Å². The van der Waals surface area contributed by atoms with Crippen molar-refractivity contribution in [2.45, 2.75) is 12.6 Å². The molecule has 0 radical (unpaired) electrons. The van der Waals surface area contributed by atoms with E-state index in [0.717, 1.165) is 23.5 Å². The Morgan fingerprint density at radius 1 is 1.32 bits per heavy atom. The van der Waals surface area contributed by atoms with Crippen LogP contribution in [0, 0.1) is 0 Å². The first kappa shape index (κ1) is 21.6. The first-order valence-electron chi connectivity index (χ1n) is 8.17. The number of halogens is 3. The summed E-state index contributed by atoms with van der Waals surface area (Å²) in [6, 6.07) is 4.67. The number of ether oxygens (including phenoxy) is 1. The van der Waals surface area contributed by atoms with E-state index in [-0.39, 0.29) is 42.6 Å². The highest BCUT2D eigenvalue weighted by molar-refractivity contribution is 7.14. The summed E-state index contributed by atoms with van der Waals surface area (Å²) >= 11 is 1.08. The molecule has 1 aromatic heterocycles. The molecule has 152 valence electrons. The van der Waals surface area contributed by atoms with Crippen LogP contribution in [0.4, 0.5) is 24.0 Å². The highest BCUT2D eigenvalue weighted by Gasteiger charge is 2.30. The lowest BCUT2D eigenvalue weighted by Gasteiger charge is -2.20. The van der Waals surface area contributed by atoms with Crippen LogP contribution < -0.4 is 11.1 Å². The normalized spacial score (nSPS) is 11.3. The Morgan fingerprint density at radius 3 is 2.71 bits per heavy atom. The lowest BCUT2D eigenvalue weighted by atomic mass is 10.2. The maximum Gasteiger partial charge on any atom is 0.416 e. The van der Waals surface area contributed by atoms with Gasteiger partial charge in [0, 0.05) is 37.7 Å². The van der Waals surface area contributed by atoms with Crippen LogP contribution in [0.5, 0.6) is 0 Å². The number of anilines is 2. The Bertz CT molecular complexity index is 826. The van der Waals surface area contributed by atoms with Crippen LogP contribution in [0.3, 0.4) is 0 Å². The maximum absolute atomic E-state index is 12.8. The number of thiazole rings is 1. The number of benzene rings is 1. The van der Waals surface area contributed by atoms with E-state index in [1.54, 1.807) is 0 Å². The van der Waals surface area contributed by atoms with Gasteiger partial charge in [-0.25, -0.2) is 4.98 Å². The molecular weight excluding hydrogens is 397 g/mol. The molecule has 0 aliphatic rings. The van der Waals surface area contributed by atoms with E-state index in [0.29, 0.717) is 0 Å². The number of nitrogens with two attached hydrogens (primary N) is 1. The van der Waals surface area contributed by atoms with E-state index in [1.807, 2.05) is 0 Å². The molecule has 0 aliphatic carbocycles. The van der Waals surface area contributed by atoms with Gasteiger partial charge < -0.3 is 20.7 Å². The first-order chi connectivity index (χ1) is 13.2. The van der Waals surface area contributed by atoms with E-state index in [1.165, 1.54) is 29.5 Å². The summed E-state index contributed by atoms with van der Waals surface area (Å²) in [6.07, 6.45) is -4.46. The highest BCUT2D eigenvalue weighted by atomic mass is 32.1. The molecule has 0 fully saturated rings. The van der Waals surface area contributed by atoms with Gasteiger partial charge >= 0.3 is 6.18 Å². The van der Waals surface area contributed by atoms with Crippen molar-refractivity contribution in [2.24, 2.45) is 5.73 Å². The van der Waals surface area contributed by atoms with E-state index < -0.39 is 23.6 Å². The highest BCUT2D eigenvalue weighted by Crippen LogP contribution is 2.31. The molecule has 2 aromatic rings. The van der Waals surface area contributed by atoms with Gasteiger partial charge in [0.25, 0.3) is 5.91 Å². The molecule has 0 aliphatic heterocycles. The van der Waals surface area contributed by atoms with E-state index in [9.17, 15) is 22.8 Å². The molecule has 0 bridgehead atoms. The molecule has 3 N–H and O–H groups in total. The number of aromatic nitrogens is 1. The van der Waals surface area contributed by atoms with Crippen molar-refractivity contribution in [1.82, 2.24) is 9.88 Å². The van der Waals surface area contributed by atoms with Crippen LogP contribution in [0.25, 0.3) is 0 Å². The smallest absolute Gasteiger partial charge is 0.383 e. The monoisotopic (exact) mass is 416 g/mol. The minimum absolute atomic E-state index is 0.00503. The molecule has 0 spiro atoms. The summed E-state index contributed by atoms with van der Waals surface area (Å²) in [5.74, 6) is -0.966. The van der Waals surface area contributed by atoms with E-state index >= 15 is 0 Å². The van der Waals surface area contributed by atoms with Gasteiger partial charge in [0.2, 0.25) is 5.91 Å². The van der Waals surface area contributed by atoms with Crippen molar-refractivity contribution in [1.29, 1.82) is 0 Å². The lowest BCUT2D eigenvalue weighted by Crippen LogP contribution is -2.36. The minimum atomic E-state index is -4.45. The second-order valence-corrected chi connectivity index (χ2v) is 6.60. The standard InChI is InChI=1S/C17H19F3N4O3S/c1-27-8-7-24(6-5-14(21)25)15(26)13-10-28-16(23-13)22-12-4-2-3-11(9-12)17(18,19)20/h2-4,9-10H,5-8H2,1H3,(H2,21,25)(H,22,23). The van der Waals surface area contributed by atoms with Crippen LogP contribution >= 0.6 is 11.3 Å². The largest absolute Gasteiger partial charge is 0.416 e. The van der Waals surface area contributed by atoms with Crippen LogP contribution in [0.2, 0.25) is 0 Å². The fourth-order valence-electron chi connectivity index (χ4n) is 2.25. The van der Waals surface area contributed by atoms with Crippen molar-refractivity contribution in [3.63, 3.8) is 0 Å². The summed E-state index contributed by atoms with van der Waals surface area (Å²) in [7, 11) is 1.48. The van der Waals surface area contributed by atoms with Gasteiger partial charge in [0.15, 0.2) is 5.13 Å². The summed E-state index contributed by atoms with van der Waals surface area (Å²) in [4.78, 5) is 29.1. The number of primary amides is 1. The van der Waals surface area contributed by atoms with Gasteiger partial charge in [-0.2, -0.15) is 13.2 Å². The summed E-state index contributed by atoms with van der Waals surface area (Å²) < 4.78 is 43.4. The third kappa shape index (κ3) is 6.20. The van der Waals surface area contributed by atoms with Crippen molar-refractivity contribution < 1.29 is 27.5 Å². The second-order valence-electron chi connectivity index (χ2n) is 5.74. The number of nitrogens with one attached hydrogen (secondary N) is 1. The number of hydrogen-bond acceptors (Lipinski definition) is 6. The van der Waals surface area contributed by atoms with E-state index in [4.69, 9.17) is 10.5 Å². The average Bonchev–Trinajstić information content (AvgIpc) is 3.09. The van der Waals surface area contributed by atoms with Crippen LogP contribution in [-0.4, -0.2) is 48.5 Å². The fourth-order valence-corrected chi connectivity index (χ4v) is 2.95. The molecule has 0 atom stereocenters. The maximum atomic E-state index is 12.8. The molecule has 7 nitrogen and oxygen atoms in total. The first-order valence-corrected chi connectivity index (χ1v) is 9.05. The SMILES string of the molecule is COCCN(CCC(N)=O)C(=O)c1csc(Nc2cccc(C(F)(F)F)c2)n1. The Hall–Kier alpha value is -2.66. The zero-order chi connectivity index (χ0) is 20.7. The minimum Gasteiger partial charge on any atom is -0.383 e. The van der Waals surface area contributed by atoms with Crippen molar-refractivity contribution in [3.05, 3.63) is 40.9 Å². The van der Waals surface area contributed by atoms with Gasteiger partial charge in [0.1, 0.15) is 5.69 Å². The van der Waals surface area contributed by atoms with Gasteiger partial charge in [-0.05, 0) is 18.2 Å². The molecule has 2 amide bonds. The Labute approximate surface area is 163 Å². The predicted molar refractivity (Wildman–Crippen MR) is 98.4 cm³/mol. The number of hydrogen-bond donors (Lipinski definition) is 2. The number of methoxy groups -OCH3 is 1. The fraction of sp³-hybridized carbons (Fsp3) is 0.353. The van der Waals surface area contributed by atoms with E-state index in [2.05, 4.69) is 10.3 Å². The lowest BCUT2D eigenvalue weighted by molar-refractivity contribution is -0.137. The predicted octanol–water partition coefficient (Wildman–Crippen LogP) is 2.87. The Balaban J connectivity index is 2.11. The average molecular weight is 416 g/mol. The van der Waals surface area contributed by atoms with Crippen molar-refractivity contribution >= 4 is 34.0 Å². The van der Waals surface area contributed by atoms with Crippen LogP contribution in [0.15, 0.2) is 29.6 Å². The number of nitrogens with zero attached hydrogens (tertiary/aromatic N) is 2. The van der Waals surface area contributed by atoms with Crippen molar-refractivity contribution in [2.75, 3.05) is 32.1 Å². The Morgan fingerprint density at radius 2 is 2.07 bits per heavy atom. The molecule has 0 saturated carbocycles. The third-order valence-corrected chi connectivity index (χ3v) is 4.40. The summed E-state index contributed by atoms with van der Waals surface area (Å²) in [5.41, 5.74) is 4.65.